The van der Waals surface area contributed by atoms with E-state index in [1.165, 1.54) is 75.5 Å². The molecule has 2 fully saturated rings. The molecule has 0 bridgehead atoms. The number of nitrogens with zero attached hydrogens (tertiary/aromatic N) is 4. The number of anilines is 1. The van der Waals surface area contributed by atoms with E-state index in [9.17, 15) is 26.3 Å². The van der Waals surface area contributed by atoms with Crippen LogP contribution in [0.2, 0.25) is 0 Å². The second-order valence-corrected chi connectivity index (χ2v) is 8.17. The third-order valence-electron chi connectivity index (χ3n) is 5.46. The van der Waals surface area contributed by atoms with Crippen molar-refractivity contribution in [2.75, 3.05) is 37.6 Å². The van der Waals surface area contributed by atoms with Gasteiger partial charge < -0.3 is 20.0 Å². The molecule has 0 unspecified atom stereocenters. The lowest BCUT2D eigenvalue weighted by Gasteiger charge is -2.21. The molecular weight excluding hydrogens is 474 g/mol. The van der Waals surface area contributed by atoms with E-state index in [0.717, 1.165) is 18.8 Å². The number of hydrogen-bond acceptors (Lipinski definition) is 6. The van der Waals surface area contributed by atoms with Crippen LogP contribution in [0.4, 0.5) is 32.2 Å². The van der Waals surface area contributed by atoms with Crippen LogP contribution in [0.1, 0.15) is 36.9 Å². The molecule has 0 spiro atoms. The Labute approximate surface area is 191 Å². The number of rotatable bonds is 3. The first-order chi connectivity index (χ1) is 15.8. The maximum atomic E-state index is 10.6. The fraction of sp³-hybridized carbons (Fsp3) is 0.700. The van der Waals surface area contributed by atoms with Gasteiger partial charge in [0.05, 0.1) is 5.69 Å². The van der Waals surface area contributed by atoms with E-state index in [1.807, 2.05) is 0 Å². The molecule has 4 rings (SSSR count). The second-order valence-electron chi connectivity index (χ2n) is 8.17. The first-order valence-corrected chi connectivity index (χ1v) is 10.7. The van der Waals surface area contributed by atoms with E-state index < -0.39 is 24.3 Å². The molecule has 3 aliphatic rings. The predicted octanol–water partition coefficient (Wildman–Crippen LogP) is 3.15. The number of halogens is 6. The summed E-state index contributed by atoms with van der Waals surface area (Å²) in [6.45, 7) is 6.03. The van der Waals surface area contributed by atoms with Crippen molar-refractivity contribution in [2.24, 2.45) is 5.92 Å². The molecule has 8 nitrogen and oxygen atoms in total. The molecule has 14 heteroatoms. The van der Waals surface area contributed by atoms with Gasteiger partial charge in [-0.1, -0.05) is 0 Å². The lowest BCUT2D eigenvalue weighted by molar-refractivity contribution is -0.193. The Kier molecular flexibility index (Phi) is 9.47. The number of carboxylic acids is 2. The first-order valence-electron chi connectivity index (χ1n) is 10.7. The monoisotopic (exact) mass is 500 g/mol. The van der Waals surface area contributed by atoms with Gasteiger partial charge in [0.2, 0.25) is 0 Å². The van der Waals surface area contributed by atoms with Gasteiger partial charge in [-0.05, 0) is 38.0 Å². The van der Waals surface area contributed by atoms with E-state index in [1.54, 1.807) is 6.33 Å². The summed E-state index contributed by atoms with van der Waals surface area (Å²) >= 11 is 0. The summed E-state index contributed by atoms with van der Waals surface area (Å²) < 4.78 is 63.5. The smallest absolute Gasteiger partial charge is 0.475 e. The summed E-state index contributed by atoms with van der Waals surface area (Å²) in [6, 6.07) is 0. The van der Waals surface area contributed by atoms with Gasteiger partial charge in [0.25, 0.3) is 0 Å². The average Bonchev–Trinajstić information content (AvgIpc) is 3.44. The van der Waals surface area contributed by atoms with E-state index in [2.05, 4.69) is 19.8 Å². The molecule has 2 N–H and O–H groups in total. The van der Waals surface area contributed by atoms with Gasteiger partial charge in [-0.3, -0.25) is 0 Å². The molecule has 1 saturated carbocycles. The summed E-state index contributed by atoms with van der Waals surface area (Å²) in [4.78, 5) is 32.1. The standard InChI is InChI=1S/C16H24N4.2C2HF3O2/c1-2-8-20(7-1)16-14-5-9-19(11-13-3-4-13)10-6-15(14)17-12-18-16;2*3-2(4,5)1(6)7/h12-13H,1-11H2;2*(H,6,7). The van der Waals surface area contributed by atoms with Crippen LogP contribution >= 0.6 is 0 Å². The van der Waals surface area contributed by atoms with Gasteiger partial charge >= 0.3 is 24.3 Å². The third kappa shape index (κ3) is 8.95. The summed E-state index contributed by atoms with van der Waals surface area (Å²) in [7, 11) is 0. The Morgan fingerprint density at radius 1 is 0.882 bits per heavy atom. The first kappa shape index (κ1) is 27.6. The van der Waals surface area contributed by atoms with Crippen molar-refractivity contribution in [3.05, 3.63) is 17.6 Å². The highest BCUT2D eigenvalue weighted by Crippen LogP contribution is 2.31. The van der Waals surface area contributed by atoms with Crippen LogP contribution in [0.15, 0.2) is 6.33 Å². The molecule has 1 aliphatic carbocycles. The molecule has 192 valence electrons. The maximum absolute atomic E-state index is 10.6. The van der Waals surface area contributed by atoms with E-state index in [4.69, 9.17) is 19.8 Å². The fourth-order valence-electron chi connectivity index (χ4n) is 3.61. The minimum atomic E-state index is -5.08. The molecule has 0 radical (unpaired) electrons. The van der Waals surface area contributed by atoms with E-state index in [-0.39, 0.29) is 0 Å². The molecule has 1 saturated heterocycles. The lowest BCUT2D eigenvalue weighted by Crippen LogP contribution is -2.28. The molecule has 2 aliphatic heterocycles. The van der Waals surface area contributed by atoms with Crippen LogP contribution in [0.5, 0.6) is 0 Å². The van der Waals surface area contributed by atoms with Crippen LogP contribution in [0.3, 0.4) is 0 Å². The number of carboxylic acid groups (broad SMARTS) is 2. The quantitative estimate of drug-likeness (QED) is 0.610. The van der Waals surface area contributed by atoms with Crippen LogP contribution in [-0.2, 0) is 22.4 Å². The number of hydrogen-bond donors (Lipinski definition) is 2. The summed E-state index contributed by atoms with van der Waals surface area (Å²) in [5, 5.41) is 14.2. The molecule has 3 heterocycles. The molecule has 1 aromatic heterocycles. The van der Waals surface area contributed by atoms with Gasteiger partial charge in [-0.15, -0.1) is 0 Å². The van der Waals surface area contributed by atoms with Crippen molar-refractivity contribution in [3.8, 4) is 0 Å². The molecule has 0 atom stereocenters. The highest BCUT2D eigenvalue weighted by Gasteiger charge is 2.38. The SMILES string of the molecule is O=C(O)C(F)(F)F.O=C(O)C(F)(F)F.c1nc2c(c(N3CCCC3)n1)CCN(CC1CC1)CC2. The van der Waals surface area contributed by atoms with Crippen LogP contribution < -0.4 is 4.90 Å². The Morgan fingerprint density at radius 3 is 1.85 bits per heavy atom. The predicted molar refractivity (Wildman–Crippen MR) is 107 cm³/mol. The highest BCUT2D eigenvalue weighted by atomic mass is 19.4. The minimum Gasteiger partial charge on any atom is -0.475 e. The van der Waals surface area contributed by atoms with Gasteiger partial charge in [0.1, 0.15) is 12.1 Å². The molecular formula is C20H26F6N4O4. The summed E-state index contributed by atoms with van der Waals surface area (Å²) in [5.41, 5.74) is 2.74. The van der Waals surface area contributed by atoms with Crippen molar-refractivity contribution in [2.45, 2.75) is 50.9 Å². The largest absolute Gasteiger partial charge is 0.490 e. The Balaban J connectivity index is 0.000000244. The second kappa shape index (κ2) is 11.7. The summed E-state index contributed by atoms with van der Waals surface area (Å²) in [5.74, 6) is -3.29. The molecule has 0 aromatic carbocycles. The van der Waals surface area contributed by atoms with Crippen LogP contribution in [-0.4, -0.2) is 82.1 Å². The van der Waals surface area contributed by atoms with Crippen LogP contribution in [0, 0.1) is 5.92 Å². The van der Waals surface area contributed by atoms with Gasteiger partial charge in [-0.2, -0.15) is 26.3 Å². The zero-order valence-electron chi connectivity index (χ0n) is 18.2. The zero-order valence-corrected chi connectivity index (χ0v) is 18.2. The van der Waals surface area contributed by atoms with Gasteiger partial charge in [0, 0.05) is 44.7 Å². The van der Waals surface area contributed by atoms with Crippen LogP contribution in [0.25, 0.3) is 0 Å². The molecule has 1 aromatic rings. The van der Waals surface area contributed by atoms with Crippen molar-refractivity contribution in [1.82, 2.24) is 14.9 Å². The van der Waals surface area contributed by atoms with Gasteiger partial charge in [0.15, 0.2) is 0 Å². The third-order valence-corrected chi connectivity index (χ3v) is 5.46. The van der Waals surface area contributed by atoms with Crippen molar-refractivity contribution >= 4 is 17.8 Å². The Hall–Kier alpha value is -2.64. The van der Waals surface area contributed by atoms with Crippen molar-refractivity contribution < 1.29 is 46.1 Å². The van der Waals surface area contributed by atoms with E-state index in [0.29, 0.717) is 0 Å². The average molecular weight is 500 g/mol. The Bertz CT molecular complexity index is 815. The zero-order chi connectivity index (χ0) is 25.5. The number of aliphatic carboxylic acids is 2. The van der Waals surface area contributed by atoms with Crippen molar-refractivity contribution in [3.63, 3.8) is 0 Å². The van der Waals surface area contributed by atoms with Crippen molar-refractivity contribution in [1.29, 1.82) is 0 Å². The normalized spacial score (nSPS) is 18.6. The minimum absolute atomic E-state index is 0.986. The number of aromatic nitrogens is 2. The number of fused-ring (bicyclic) bond motifs is 1. The summed E-state index contributed by atoms with van der Waals surface area (Å²) in [6.07, 6.45) is -0.632. The fourth-order valence-corrected chi connectivity index (χ4v) is 3.61. The molecule has 34 heavy (non-hydrogen) atoms. The van der Waals surface area contributed by atoms with E-state index >= 15 is 0 Å². The number of carbonyl (C=O) groups is 2. The maximum Gasteiger partial charge on any atom is 0.490 e. The lowest BCUT2D eigenvalue weighted by atomic mass is 10.1. The van der Waals surface area contributed by atoms with Gasteiger partial charge in [-0.25, -0.2) is 19.6 Å². The highest BCUT2D eigenvalue weighted by molar-refractivity contribution is 5.73. The molecule has 0 amide bonds. The topological polar surface area (TPSA) is 107 Å². The number of alkyl halides is 6. The Morgan fingerprint density at radius 2 is 1.38 bits per heavy atom.